The van der Waals surface area contributed by atoms with Crippen molar-refractivity contribution in [2.75, 3.05) is 0 Å². The molecule has 1 heteroatoms. The maximum atomic E-state index is 4.03. The third-order valence-electron chi connectivity index (χ3n) is 2.30. The molecule has 0 aromatic heterocycles. The van der Waals surface area contributed by atoms with Gasteiger partial charge in [0.05, 0.1) is 0 Å². The van der Waals surface area contributed by atoms with Crippen molar-refractivity contribution in [3.63, 3.8) is 0 Å². The van der Waals surface area contributed by atoms with E-state index >= 15 is 0 Å². The number of rotatable bonds is 2. The van der Waals surface area contributed by atoms with Crippen LogP contribution in [0.3, 0.4) is 0 Å². The maximum absolute atomic E-state index is 4.03. The van der Waals surface area contributed by atoms with E-state index in [0.717, 1.165) is 0 Å². The minimum absolute atomic E-state index is 0.382. The third-order valence-corrected chi connectivity index (χ3v) is 3.49. The second kappa shape index (κ2) is 4.11. The number of allylic oxidation sites excluding steroid dienone is 2. The van der Waals surface area contributed by atoms with Gasteiger partial charge in [-0.05, 0) is 0 Å². The molecule has 0 aromatic rings. The van der Waals surface area contributed by atoms with Crippen LogP contribution in [0.5, 0.6) is 0 Å². The van der Waals surface area contributed by atoms with Gasteiger partial charge < -0.3 is 0 Å². The van der Waals surface area contributed by atoms with E-state index in [9.17, 15) is 0 Å². The molecule has 1 rings (SSSR count). The van der Waals surface area contributed by atoms with Crippen molar-refractivity contribution in [2.24, 2.45) is 0 Å². The molecule has 0 amide bonds. The summed E-state index contributed by atoms with van der Waals surface area (Å²) >= 11 is 0.382. The second-order valence-electron chi connectivity index (χ2n) is 2.89. The van der Waals surface area contributed by atoms with Gasteiger partial charge in [-0.2, -0.15) is 0 Å². The van der Waals surface area contributed by atoms with E-state index < -0.39 is 0 Å². The van der Waals surface area contributed by atoms with Gasteiger partial charge in [0, 0.05) is 0 Å². The molecular weight excluding hydrogens is 135 g/mol. The molecule has 0 saturated carbocycles. The summed E-state index contributed by atoms with van der Waals surface area (Å²) in [6.45, 7) is 2.27. The molecule has 0 heterocycles. The molecule has 1 aliphatic carbocycles. The molecule has 0 atom stereocenters. The number of hydrogen-bond donors (Lipinski definition) is 0. The fraction of sp³-hybridized carbons (Fsp3) is 0.667. The summed E-state index contributed by atoms with van der Waals surface area (Å²) < 4.78 is 1.73. The normalized spacial score (nSPS) is 18.9. The van der Waals surface area contributed by atoms with E-state index in [4.69, 9.17) is 0 Å². The van der Waals surface area contributed by atoms with Crippen molar-refractivity contribution in [3.05, 3.63) is 10.0 Å². The average Bonchev–Trinajstić information content (AvgIpc) is 2.04. The van der Waals surface area contributed by atoms with Gasteiger partial charge in [-0.1, -0.05) is 0 Å². The summed E-state index contributed by atoms with van der Waals surface area (Å²) in [5.74, 6) is 0. The zero-order chi connectivity index (χ0) is 7.40. The Labute approximate surface area is 69.6 Å². The zero-order valence-electron chi connectivity index (χ0n) is 6.82. The summed E-state index contributed by atoms with van der Waals surface area (Å²) in [6, 6.07) is 0. The predicted octanol–water partition coefficient (Wildman–Crippen LogP) is 2.36. The molecule has 0 aromatic carbocycles. The van der Waals surface area contributed by atoms with Gasteiger partial charge in [0.25, 0.3) is 0 Å². The van der Waals surface area contributed by atoms with Crippen LogP contribution in [-0.4, -0.2) is 20.2 Å². The van der Waals surface area contributed by atoms with E-state index in [1.54, 1.807) is 10.0 Å². The molecule has 0 bridgehead atoms. The first-order chi connectivity index (χ1) is 4.88. The van der Waals surface area contributed by atoms with Gasteiger partial charge >= 0.3 is 69.2 Å². The van der Waals surface area contributed by atoms with E-state index in [2.05, 4.69) is 12.3 Å². The molecule has 10 heavy (non-hydrogen) atoms. The fourth-order valence-corrected chi connectivity index (χ4v) is 2.69. The van der Waals surface area contributed by atoms with Gasteiger partial charge in [0.15, 0.2) is 0 Å². The topological polar surface area (TPSA) is 0 Å². The van der Waals surface area contributed by atoms with Crippen molar-refractivity contribution >= 4 is 20.2 Å². The quantitative estimate of drug-likeness (QED) is 0.530. The Morgan fingerprint density at radius 3 is 2.60 bits per heavy atom. The Hall–Kier alpha value is 0.142. The molecule has 54 valence electrons. The molecule has 1 aliphatic rings. The van der Waals surface area contributed by atoms with Gasteiger partial charge in [0.2, 0.25) is 0 Å². The van der Waals surface area contributed by atoms with Gasteiger partial charge in [-0.3, -0.25) is 0 Å². The van der Waals surface area contributed by atoms with Crippen LogP contribution >= 0.6 is 0 Å². The van der Waals surface area contributed by atoms with Crippen LogP contribution in [0.15, 0.2) is 10.0 Å². The minimum atomic E-state index is 0.382. The average molecular weight is 150 g/mol. The molecule has 0 aliphatic heterocycles. The van der Waals surface area contributed by atoms with Gasteiger partial charge in [-0.15, -0.1) is 0 Å². The zero-order valence-corrected chi connectivity index (χ0v) is 7.97. The Morgan fingerprint density at radius 2 is 2.10 bits per heavy atom. The van der Waals surface area contributed by atoms with Crippen LogP contribution in [0.25, 0.3) is 0 Å². The van der Waals surface area contributed by atoms with Crippen molar-refractivity contribution in [1.29, 1.82) is 0 Å². The van der Waals surface area contributed by atoms with Crippen LogP contribution in [0.2, 0.25) is 0 Å². The van der Waals surface area contributed by atoms with Gasteiger partial charge in [-0.25, -0.2) is 0 Å². The summed E-state index contributed by atoms with van der Waals surface area (Å²) in [5.41, 5.74) is 1.73. The first-order valence-corrected chi connectivity index (χ1v) is 5.61. The third kappa shape index (κ3) is 1.81. The Bertz CT molecular complexity index is 156. The van der Waals surface area contributed by atoms with Crippen molar-refractivity contribution in [3.8, 4) is 0 Å². The van der Waals surface area contributed by atoms with Gasteiger partial charge in [0.1, 0.15) is 0 Å². The van der Waals surface area contributed by atoms with Crippen LogP contribution in [0, 0.1) is 0 Å². The Morgan fingerprint density at radius 1 is 1.40 bits per heavy atom. The van der Waals surface area contributed by atoms with E-state index in [-0.39, 0.29) is 0 Å². The molecule has 0 radical (unpaired) electrons. The molecule has 0 fully saturated rings. The van der Waals surface area contributed by atoms with Crippen LogP contribution in [0.4, 0.5) is 0 Å². The molecule has 0 spiro atoms. The molecular formula is C9H15Al. The molecule has 0 unspecified atom stereocenters. The summed E-state index contributed by atoms with van der Waals surface area (Å²) in [6.07, 6.45) is 6.85. The van der Waals surface area contributed by atoms with Crippen molar-refractivity contribution in [2.45, 2.75) is 39.0 Å². The predicted molar refractivity (Wildman–Crippen MR) is 48.7 cm³/mol. The molecule has 0 N–H and O–H groups in total. The molecule has 0 saturated heterocycles. The Kier molecular flexibility index (Phi) is 3.39. The van der Waals surface area contributed by atoms with Crippen LogP contribution < -0.4 is 0 Å². The first-order valence-electron chi connectivity index (χ1n) is 4.21. The molecule has 0 nitrogen and oxygen atoms in total. The monoisotopic (exact) mass is 150 g/mol. The Balaban J connectivity index is 2.72. The van der Waals surface area contributed by atoms with Crippen molar-refractivity contribution < 1.29 is 0 Å². The van der Waals surface area contributed by atoms with Crippen LogP contribution in [0.1, 0.15) is 39.0 Å². The standard InChI is InChI=1S/C8H13.CH2.Al/c1-2-8-6-4-3-5-7-8;;/h2-6H2,1H3;1H2;. The summed E-state index contributed by atoms with van der Waals surface area (Å²) in [4.78, 5) is 0. The van der Waals surface area contributed by atoms with Crippen molar-refractivity contribution in [1.82, 2.24) is 0 Å². The summed E-state index contributed by atoms with van der Waals surface area (Å²) in [5, 5.41) is 4.03. The first kappa shape index (κ1) is 8.24. The summed E-state index contributed by atoms with van der Waals surface area (Å²) in [7, 11) is 0. The fourth-order valence-electron chi connectivity index (χ4n) is 1.64. The van der Waals surface area contributed by atoms with Crippen LogP contribution in [-0.2, 0) is 0 Å². The number of hydrogen-bond acceptors (Lipinski definition) is 0. The van der Waals surface area contributed by atoms with E-state index in [1.807, 2.05) is 0 Å². The van der Waals surface area contributed by atoms with E-state index in [0.29, 0.717) is 14.8 Å². The van der Waals surface area contributed by atoms with E-state index in [1.165, 1.54) is 32.1 Å². The second-order valence-corrected chi connectivity index (χ2v) is 4.00. The SMILES string of the molecule is [CH2]=[Al][C]1=C(CC)CCCC1.